The summed E-state index contributed by atoms with van der Waals surface area (Å²) in [6.45, 7) is 2.90. The highest BCUT2D eigenvalue weighted by Crippen LogP contribution is 2.40. The van der Waals surface area contributed by atoms with Crippen molar-refractivity contribution in [1.82, 2.24) is 10.3 Å². The topological polar surface area (TPSA) is 66.9 Å². The summed E-state index contributed by atoms with van der Waals surface area (Å²) in [7, 11) is 3.39. The van der Waals surface area contributed by atoms with Gasteiger partial charge >= 0.3 is 0 Å². The fraction of sp³-hybridized carbons (Fsp3) is 0.333. The third-order valence-corrected chi connectivity index (χ3v) is 6.90. The summed E-state index contributed by atoms with van der Waals surface area (Å²) in [6, 6.07) is 18.2. The molecule has 1 fully saturated rings. The van der Waals surface area contributed by atoms with Gasteiger partial charge in [0.25, 0.3) is 0 Å². The maximum atomic E-state index is 13.5. The van der Waals surface area contributed by atoms with Gasteiger partial charge in [0.15, 0.2) is 0 Å². The van der Waals surface area contributed by atoms with Crippen molar-refractivity contribution in [3.05, 3.63) is 78.1 Å². The molecule has 1 N–H and O–H groups in total. The highest BCUT2D eigenvalue weighted by Gasteiger charge is 2.42. The van der Waals surface area contributed by atoms with E-state index in [0.29, 0.717) is 13.0 Å². The highest BCUT2D eigenvalue weighted by molar-refractivity contribution is 5.82. The molecule has 1 amide bonds. The van der Waals surface area contributed by atoms with Crippen LogP contribution in [0.15, 0.2) is 67.0 Å². The molecule has 0 radical (unpaired) electrons. The van der Waals surface area contributed by atoms with E-state index in [1.165, 1.54) is 11.3 Å². The molecule has 2 atom stereocenters. The van der Waals surface area contributed by atoms with Crippen LogP contribution in [0.4, 0.5) is 11.4 Å². The van der Waals surface area contributed by atoms with Gasteiger partial charge in [-0.2, -0.15) is 0 Å². The number of carbonyl (C=O) groups excluding carboxylic acids is 1. The SMILES string of the molecule is COc1ccc2c(c1)N1CCN(c3ccccc3OC)C[C@H]1[C@@H](C(=O)NCc1ccncc1)C2. The van der Waals surface area contributed by atoms with Crippen molar-refractivity contribution in [2.24, 2.45) is 5.92 Å². The van der Waals surface area contributed by atoms with Gasteiger partial charge in [-0.25, -0.2) is 0 Å². The summed E-state index contributed by atoms with van der Waals surface area (Å²) in [4.78, 5) is 22.3. The van der Waals surface area contributed by atoms with Crippen molar-refractivity contribution in [2.75, 3.05) is 43.7 Å². The number of nitrogens with one attached hydrogen (secondary N) is 1. The minimum Gasteiger partial charge on any atom is -0.497 e. The molecule has 5 rings (SSSR count). The van der Waals surface area contributed by atoms with Gasteiger partial charge in [-0.1, -0.05) is 18.2 Å². The van der Waals surface area contributed by atoms with E-state index in [1.807, 2.05) is 36.4 Å². The second-order valence-electron chi connectivity index (χ2n) is 8.76. The molecular formula is C27H30N4O3. The van der Waals surface area contributed by atoms with Crippen LogP contribution in [0.5, 0.6) is 11.5 Å². The number of anilines is 2. The molecule has 1 saturated heterocycles. The van der Waals surface area contributed by atoms with Crippen LogP contribution in [0.2, 0.25) is 0 Å². The summed E-state index contributed by atoms with van der Waals surface area (Å²) in [5, 5.41) is 3.17. The average Bonchev–Trinajstić information content (AvgIpc) is 2.91. The van der Waals surface area contributed by atoms with Crippen LogP contribution in [-0.4, -0.2) is 50.8 Å². The fourth-order valence-electron chi connectivity index (χ4n) is 5.14. The number of nitrogens with zero attached hydrogens (tertiary/aromatic N) is 3. The molecule has 0 spiro atoms. The smallest absolute Gasteiger partial charge is 0.225 e. The molecule has 176 valence electrons. The van der Waals surface area contributed by atoms with E-state index >= 15 is 0 Å². The average molecular weight is 459 g/mol. The molecule has 0 aliphatic carbocycles. The number of rotatable bonds is 6. The molecule has 3 aromatic rings. The number of benzene rings is 2. The quantitative estimate of drug-likeness (QED) is 0.612. The van der Waals surface area contributed by atoms with Gasteiger partial charge in [0, 0.05) is 50.3 Å². The molecule has 1 aromatic heterocycles. The number of fused-ring (bicyclic) bond motifs is 3. The number of amides is 1. The van der Waals surface area contributed by atoms with Crippen LogP contribution in [0.25, 0.3) is 0 Å². The highest BCUT2D eigenvalue weighted by atomic mass is 16.5. The lowest BCUT2D eigenvalue weighted by atomic mass is 9.83. The Kier molecular flexibility index (Phi) is 6.25. The minimum atomic E-state index is -0.166. The maximum Gasteiger partial charge on any atom is 0.225 e. The lowest BCUT2D eigenvalue weighted by Crippen LogP contribution is -2.61. The number of hydrogen-bond acceptors (Lipinski definition) is 6. The standard InChI is InChI=1S/C27H30N4O3/c1-33-21-8-7-20-15-22(27(32)29-17-19-9-11-28-12-10-19)25-18-30(13-14-31(25)24(20)16-21)23-5-3-4-6-26(23)34-2/h3-12,16,22,25H,13-15,17-18H2,1-2H3,(H,29,32)/t22-,25-/m0/s1. The second-order valence-corrected chi connectivity index (χ2v) is 8.76. The van der Waals surface area contributed by atoms with Crippen molar-refractivity contribution in [3.63, 3.8) is 0 Å². The Morgan fingerprint density at radius 3 is 2.65 bits per heavy atom. The molecule has 7 heteroatoms. The predicted octanol–water partition coefficient (Wildman–Crippen LogP) is 3.28. The van der Waals surface area contributed by atoms with E-state index in [1.54, 1.807) is 26.6 Å². The molecular weight excluding hydrogens is 428 g/mol. The van der Waals surface area contributed by atoms with Crippen molar-refractivity contribution >= 4 is 17.3 Å². The molecule has 0 bridgehead atoms. The van der Waals surface area contributed by atoms with Gasteiger partial charge in [-0.05, 0) is 47.9 Å². The van der Waals surface area contributed by atoms with Crippen molar-refractivity contribution in [3.8, 4) is 11.5 Å². The van der Waals surface area contributed by atoms with Gasteiger partial charge < -0.3 is 24.6 Å². The largest absolute Gasteiger partial charge is 0.497 e. The van der Waals surface area contributed by atoms with Crippen LogP contribution >= 0.6 is 0 Å². The van der Waals surface area contributed by atoms with Gasteiger partial charge in [0.1, 0.15) is 11.5 Å². The van der Waals surface area contributed by atoms with E-state index in [9.17, 15) is 4.79 Å². The normalized spacial score (nSPS) is 19.1. The van der Waals surface area contributed by atoms with Crippen LogP contribution in [0.1, 0.15) is 11.1 Å². The van der Waals surface area contributed by atoms with E-state index in [4.69, 9.17) is 9.47 Å². The number of methoxy groups -OCH3 is 2. The lowest BCUT2D eigenvalue weighted by Gasteiger charge is -2.49. The zero-order valence-electron chi connectivity index (χ0n) is 19.6. The van der Waals surface area contributed by atoms with Crippen LogP contribution < -0.4 is 24.6 Å². The van der Waals surface area contributed by atoms with Gasteiger partial charge in [0.05, 0.1) is 31.9 Å². The third-order valence-electron chi connectivity index (χ3n) is 6.90. The first-order valence-corrected chi connectivity index (χ1v) is 11.7. The van der Waals surface area contributed by atoms with Gasteiger partial charge in [0.2, 0.25) is 5.91 Å². The van der Waals surface area contributed by atoms with Crippen LogP contribution in [0.3, 0.4) is 0 Å². The molecule has 2 aliphatic heterocycles. The number of para-hydroxylation sites is 2. The van der Waals surface area contributed by atoms with E-state index in [-0.39, 0.29) is 17.9 Å². The fourth-order valence-corrected chi connectivity index (χ4v) is 5.14. The first-order chi connectivity index (χ1) is 16.7. The van der Waals surface area contributed by atoms with Crippen LogP contribution in [-0.2, 0) is 17.8 Å². The summed E-state index contributed by atoms with van der Waals surface area (Å²) >= 11 is 0. The Morgan fingerprint density at radius 1 is 1.03 bits per heavy atom. The summed E-state index contributed by atoms with van der Waals surface area (Å²) < 4.78 is 11.1. The van der Waals surface area contributed by atoms with Gasteiger partial charge in [-0.15, -0.1) is 0 Å². The number of pyridine rings is 1. The Hall–Kier alpha value is -3.74. The number of piperazine rings is 1. The monoisotopic (exact) mass is 458 g/mol. The number of carbonyl (C=O) groups is 1. The molecule has 0 unspecified atom stereocenters. The summed E-state index contributed by atoms with van der Waals surface area (Å²) in [5.74, 6) is 1.60. The molecule has 2 aliphatic rings. The Morgan fingerprint density at radius 2 is 1.85 bits per heavy atom. The van der Waals surface area contributed by atoms with E-state index in [0.717, 1.165) is 42.4 Å². The number of ether oxygens (including phenoxy) is 2. The molecule has 2 aromatic carbocycles. The van der Waals surface area contributed by atoms with Crippen molar-refractivity contribution in [2.45, 2.75) is 19.0 Å². The molecule has 3 heterocycles. The van der Waals surface area contributed by atoms with Crippen molar-refractivity contribution in [1.29, 1.82) is 0 Å². The molecule has 0 saturated carbocycles. The van der Waals surface area contributed by atoms with Crippen LogP contribution in [0, 0.1) is 5.92 Å². The maximum absolute atomic E-state index is 13.5. The van der Waals surface area contributed by atoms with E-state index in [2.05, 4.69) is 38.3 Å². The molecule has 7 nitrogen and oxygen atoms in total. The number of aromatic nitrogens is 1. The lowest BCUT2D eigenvalue weighted by molar-refractivity contribution is -0.126. The Bertz CT molecular complexity index is 1150. The van der Waals surface area contributed by atoms with Crippen molar-refractivity contribution < 1.29 is 14.3 Å². The zero-order valence-corrected chi connectivity index (χ0v) is 19.6. The Balaban J connectivity index is 1.44. The zero-order chi connectivity index (χ0) is 23.5. The molecule has 34 heavy (non-hydrogen) atoms. The first-order valence-electron chi connectivity index (χ1n) is 11.7. The number of hydrogen-bond donors (Lipinski definition) is 1. The summed E-state index contributed by atoms with van der Waals surface area (Å²) in [5.41, 5.74) is 4.46. The summed E-state index contributed by atoms with van der Waals surface area (Å²) in [6.07, 6.45) is 4.20. The predicted molar refractivity (Wildman–Crippen MR) is 133 cm³/mol. The Labute approximate surface area is 200 Å². The first kappa shape index (κ1) is 22.1. The van der Waals surface area contributed by atoms with Gasteiger partial charge in [-0.3, -0.25) is 9.78 Å². The van der Waals surface area contributed by atoms with E-state index < -0.39 is 0 Å². The third kappa shape index (κ3) is 4.25. The minimum absolute atomic E-state index is 0.0377. The second kappa shape index (κ2) is 9.63.